The predicted molar refractivity (Wildman–Crippen MR) is 239 cm³/mol. The van der Waals surface area contributed by atoms with Gasteiger partial charge in [0.05, 0.1) is 0 Å². The molecular formula is C55H44. The van der Waals surface area contributed by atoms with Gasteiger partial charge in [-0.1, -0.05) is 201 Å². The Morgan fingerprint density at radius 2 is 1.11 bits per heavy atom. The van der Waals surface area contributed by atoms with Crippen LogP contribution >= 0.6 is 0 Å². The quantitative estimate of drug-likeness (QED) is 0.0755. The van der Waals surface area contributed by atoms with Crippen molar-refractivity contribution in [2.45, 2.75) is 19.8 Å². The normalized spacial score (nSPS) is 11.8. The van der Waals surface area contributed by atoms with Crippen molar-refractivity contribution >= 4 is 33.2 Å². The first-order valence-corrected chi connectivity index (χ1v) is 19.0. The molecule has 0 saturated carbocycles. The van der Waals surface area contributed by atoms with E-state index in [0.717, 1.165) is 22.3 Å². The second kappa shape index (κ2) is 15.7. The van der Waals surface area contributed by atoms with Crippen molar-refractivity contribution in [1.82, 2.24) is 0 Å². The largest absolute Gasteiger partial charge is 0.0991 e. The summed E-state index contributed by atoms with van der Waals surface area (Å²) in [7, 11) is 0. The third-order valence-corrected chi connectivity index (χ3v) is 10.7. The smallest absolute Gasteiger partial charge is 0.0352 e. The van der Waals surface area contributed by atoms with E-state index in [9.17, 15) is 0 Å². The van der Waals surface area contributed by atoms with E-state index in [1.807, 2.05) is 18.2 Å². The monoisotopic (exact) mass is 704 g/mol. The lowest BCUT2D eigenvalue weighted by molar-refractivity contribution is 0.982. The number of hydrogen-bond acceptors (Lipinski definition) is 0. The van der Waals surface area contributed by atoms with E-state index in [2.05, 4.69) is 209 Å². The minimum atomic E-state index is -0.0232. The number of allylic oxidation sites excluding steroid dienone is 5. The van der Waals surface area contributed by atoms with Crippen LogP contribution in [0.5, 0.6) is 0 Å². The minimum Gasteiger partial charge on any atom is -0.0991 e. The number of hydrogen-bond donors (Lipinski definition) is 0. The second-order valence-corrected chi connectivity index (χ2v) is 14.3. The molecule has 8 aromatic rings. The summed E-state index contributed by atoms with van der Waals surface area (Å²) >= 11 is 0. The summed E-state index contributed by atoms with van der Waals surface area (Å²) in [5.41, 5.74) is 15.7. The molecule has 0 aromatic heterocycles. The van der Waals surface area contributed by atoms with Gasteiger partial charge in [-0.3, -0.25) is 0 Å². The van der Waals surface area contributed by atoms with Gasteiger partial charge in [0, 0.05) is 5.92 Å². The molecule has 1 atom stereocenters. The number of benzene rings is 8. The summed E-state index contributed by atoms with van der Waals surface area (Å²) in [6, 6.07) is 64.7. The Balaban J connectivity index is 1.41. The fraction of sp³-hybridized carbons (Fsp3) is 0.0545. The molecule has 0 bridgehead atoms. The molecule has 55 heavy (non-hydrogen) atoms. The average Bonchev–Trinajstić information content (AvgIpc) is 3.24. The van der Waals surface area contributed by atoms with Gasteiger partial charge in [-0.15, -0.1) is 0 Å². The van der Waals surface area contributed by atoms with E-state index in [4.69, 9.17) is 0 Å². The molecule has 0 aliphatic heterocycles. The first-order valence-electron chi connectivity index (χ1n) is 19.0. The Hall–Kier alpha value is -6.76. The van der Waals surface area contributed by atoms with Crippen LogP contribution < -0.4 is 0 Å². The third-order valence-electron chi connectivity index (χ3n) is 10.7. The lowest BCUT2D eigenvalue weighted by atomic mass is 9.77. The van der Waals surface area contributed by atoms with Gasteiger partial charge in [-0.2, -0.15) is 0 Å². The second-order valence-electron chi connectivity index (χ2n) is 14.3. The molecule has 8 rings (SSSR count). The standard InChI is InChI=1S/C55H44/c1-5-7-23-47(38(3)4)52-35-44(31-27-39(52)6-2)45-33-34-51(54(36-45)46-32-30-42-29-28-41-20-14-15-25-49(41)53(42)37-46)55(43-21-12-9-13-22-43)50-26-17-16-24-48(50)40-18-10-8-11-19-40/h5-37,55H,1-2H2,3-4H3/b23-7-. The van der Waals surface area contributed by atoms with Crippen LogP contribution in [0, 0.1) is 0 Å². The van der Waals surface area contributed by atoms with Gasteiger partial charge in [0.1, 0.15) is 0 Å². The summed E-state index contributed by atoms with van der Waals surface area (Å²) in [5.74, 6) is -0.0232. The average molecular weight is 705 g/mol. The van der Waals surface area contributed by atoms with E-state index in [1.54, 1.807) is 0 Å². The molecular weight excluding hydrogens is 661 g/mol. The number of rotatable bonds is 10. The van der Waals surface area contributed by atoms with Crippen molar-refractivity contribution in [3.8, 4) is 33.4 Å². The molecule has 0 aliphatic carbocycles. The van der Waals surface area contributed by atoms with Crippen molar-refractivity contribution in [3.05, 3.63) is 241 Å². The maximum atomic E-state index is 4.17. The van der Waals surface area contributed by atoms with Gasteiger partial charge in [0.2, 0.25) is 0 Å². The van der Waals surface area contributed by atoms with E-state index in [-0.39, 0.29) is 5.92 Å². The van der Waals surface area contributed by atoms with Gasteiger partial charge in [-0.25, -0.2) is 0 Å². The summed E-state index contributed by atoms with van der Waals surface area (Å²) < 4.78 is 0. The summed E-state index contributed by atoms with van der Waals surface area (Å²) in [6.07, 6.45) is 7.94. The topological polar surface area (TPSA) is 0 Å². The SMILES string of the molecule is C=C/C=C\C(=C(C)C)c1cc(-c2ccc(C(c3ccccc3)c3ccccc3-c3ccccc3)c(-c3ccc4ccc5ccccc5c4c3)c2)ccc1C=C. The van der Waals surface area contributed by atoms with Crippen LogP contribution in [0.25, 0.3) is 66.6 Å². The molecule has 0 saturated heterocycles. The maximum absolute atomic E-state index is 4.17. The maximum Gasteiger partial charge on any atom is 0.0352 e. The van der Waals surface area contributed by atoms with Gasteiger partial charge in [0.15, 0.2) is 0 Å². The Kier molecular flexibility index (Phi) is 10.1. The highest BCUT2D eigenvalue weighted by Gasteiger charge is 2.24. The Morgan fingerprint density at radius 1 is 0.491 bits per heavy atom. The molecule has 0 fully saturated rings. The molecule has 264 valence electrons. The van der Waals surface area contributed by atoms with Crippen LogP contribution in [0.15, 0.2) is 213 Å². The Labute approximate surface area is 325 Å². The van der Waals surface area contributed by atoms with Crippen molar-refractivity contribution in [2.24, 2.45) is 0 Å². The molecule has 0 radical (unpaired) electrons. The molecule has 0 nitrogen and oxygen atoms in total. The zero-order chi connectivity index (χ0) is 37.7. The minimum absolute atomic E-state index is 0.0232. The Morgan fingerprint density at radius 3 is 1.87 bits per heavy atom. The van der Waals surface area contributed by atoms with Crippen molar-refractivity contribution < 1.29 is 0 Å². The molecule has 0 heterocycles. The molecule has 0 N–H and O–H groups in total. The highest BCUT2D eigenvalue weighted by atomic mass is 14.3. The molecule has 1 unspecified atom stereocenters. The molecule has 0 aliphatic rings. The fourth-order valence-electron chi connectivity index (χ4n) is 8.05. The Bertz CT molecular complexity index is 2740. The van der Waals surface area contributed by atoms with Gasteiger partial charge >= 0.3 is 0 Å². The van der Waals surface area contributed by atoms with Crippen LogP contribution in [0.4, 0.5) is 0 Å². The van der Waals surface area contributed by atoms with Crippen molar-refractivity contribution in [1.29, 1.82) is 0 Å². The van der Waals surface area contributed by atoms with Gasteiger partial charge in [0.25, 0.3) is 0 Å². The molecule has 8 aromatic carbocycles. The highest BCUT2D eigenvalue weighted by Crippen LogP contribution is 2.44. The number of fused-ring (bicyclic) bond motifs is 3. The predicted octanol–water partition coefficient (Wildman–Crippen LogP) is 15.4. The first kappa shape index (κ1) is 35.3. The van der Waals surface area contributed by atoms with Crippen LogP contribution in [0.3, 0.4) is 0 Å². The zero-order valence-electron chi connectivity index (χ0n) is 31.5. The van der Waals surface area contributed by atoms with Crippen LogP contribution in [-0.2, 0) is 0 Å². The molecule has 0 spiro atoms. The van der Waals surface area contributed by atoms with E-state index in [0.29, 0.717) is 0 Å². The zero-order valence-corrected chi connectivity index (χ0v) is 31.5. The van der Waals surface area contributed by atoms with Gasteiger partial charge < -0.3 is 0 Å². The highest BCUT2D eigenvalue weighted by molar-refractivity contribution is 6.09. The van der Waals surface area contributed by atoms with Crippen LogP contribution in [0.2, 0.25) is 0 Å². The lowest BCUT2D eigenvalue weighted by Crippen LogP contribution is -2.07. The first-order chi connectivity index (χ1) is 27.0. The van der Waals surface area contributed by atoms with E-state index >= 15 is 0 Å². The summed E-state index contributed by atoms with van der Waals surface area (Å²) in [6.45, 7) is 12.4. The molecule has 0 amide bonds. The fourth-order valence-corrected chi connectivity index (χ4v) is 8.05. The lowest BCUT2D eigenvalue weighted by Gasteiger charge is -2.26. The summed E-state index contributed by atoms with van der Waals surface area (Å²) in [4.78, 5) is 0. The van der Waals surface area contributed by atoms with Crippen molar-refractivity contribution in [3.63, 3.8) is 0 Å². The van der Waals surface area contributed by atoms with Crippen LogP contribution in [0.1, 0.15) is 47.6 Å². The van der Waals surface area contributed by atoms with Crippen molar-refractivity contribution in [2.75, 3.05) is 0 Å². The van der Waals surface area contributed by atoms with Crippen LogP contribution in [-0.4, -0.2) is 0 Å². The summed E-state index contributed by atoms with van der Waals surface area (Å²) in [5, 5.41) is 5.00. The molecule has 0 heteroatoms. The van der Waals surface area contributed by atoms with E-state index < -0.39 is 0 Å². The van der Waals surface area contributed by atoms with Gasteiger partial charge in [-0.05, 0) is 120 Å². The third kappa shape index (κ3) is 7.03. The van der Waals surface area contributed by atoms with E-state index in [1.165, 1.54) is 71.6 Å².